The second-order valence-electron chi connectivity index (χ2n) is 7.17. The molecule has 3 heteroatoms. The lowest BCUT2D eigenvalue weighted by Crippen LogP contribution is -2.13. The van der Waals surface area contributed by atoms with Gasteiger partial charge in [-0.25, -0.2) is 4.98 Å². The van der Waals surface area contributed by atoms with Gasteiger partial charge < -0.3 is 0 Å². The highest BCUT2D eigenvalue weighted by Crippen LogP contribution is 2.35. The minimum Gasteiger partial charge on any atom is -0.295 e. The first-order valence-corrected chi connectivity index (χ1v) is 10.1. The van der Waals surface area contributed by atoms with Crippen molar-refractivity contribution in [1.29, 1.82) is 0 Å². The molecule has 0 atom stereocenters. The lowest BCUT2D eigenvalue weighted by molar-refractivity contribution is 1.06. The number of aromatic nitrogens is 2. The monoisotopic (exact) mass is 387 g/mol. The number of hydrogen-bond donors (Lipinski definition) is 0. The molecule has 2 aromatic heterocycles. The second-order valence-corrected chi connectivity index (χ2v) is 7.17. The topological polar surface area (TPSA) is 29.0 Å². The van der Waals surface area contributed by atoms with Gasteiger partial charge >= 0.3 is 0 Å². The summed E-state index contributed by atoms with van der Waals surface area (Å²) in [5.41, 5.74) is 5.30. The molecule has 2 heterocycles. The molecular formula is C27H21N3. The summed E-state index contributed by atoms with van der Waals surface area (Å²) < 4.78 is 0. The highest BCUT2D eigenvalue weighted by molar-refractivity contribution is 5.86. The number of hydrogen-bond acceptors (Lipinski definition) is 3. The zero-order valence-corrected chi connectivity index (χ0v) is 16.5. The molecule has 5 rings (SSSR count). The normalized spacial score (nSPS) is 10.8. The fraction of sp³-hybridized carbons (Fsp3) is 0.0370. The van der Waals surface area contributed by atoms with Crippen molar-refractivity contribution in [2.24, 2.45) is 0 Å². The third-order valence-corrected chi connectivity index (χ3v) is 5.12. The average Bonchev–Trinajstić information content (AvgIpc) is 2.81. The fourth-order valence-electron chi connectivity index (χ4n) is 3.73. The van der Waals surface area contributed by atoms with Gasteiger partial charge in [-0.3, -0.25) is 9.88 Å². The minimum atomic E-state index is 0.736. The number of benzene rings is 3. The molecule has 3 nitrogen and oxygen atoms in total. The van der Waals surface area contributed by atoms with E-state index in [1.807, 2.05) is 30.5 Å². The van der Waals surface area contributed by atoms with Gasteiger partial charge in [-0.05, 0) is 42.0 Å². The maximum absolute atomic E-state index is 5.11. The Balaban J connectivity index is 1.70. The second kappa shape index (κ2) is 8.18. The van der Waals surface area contributed by atoms with Crippen LogP contribution in [0.1, 0.15) is 11.3 Å². The Bertz CT molecular complexity index is 1210. The Morgan fingerprint density at radius 3 is 1.87 bits per heavy atom. The zero-order chi connectivity index (χ0) is 20.2. The van der Waals surface area contributed by atoms with Gasteiger partial charge in [-0.2, -0.15) is 0 Å². The molecule has 30 heavy (non-hydrogen) atoms. The van der Waals surface area contributed by atoms with E-state index >= 15 is 0 Å². The van der Waals surface area contributed by atoms with Gasteiger partial charge in [0, 0.05) is 29.4 Å². The van der Waals surface area contributed by atoms with E-state index < -0.39 is 0 Å². The van der Waals surface area contributed by atoms with Gasteiger partial charge in [0.15, 0.2) is 0 Å². The number of nitrogens with zero attached hydrogens (tertiary/aromatic N) is 3. The van der Waals surface area contributed by atoms with E-state index in [4.69, 9.17) is 4.98 Å². The minimum absolute atomic E-state index is 0.736. The van der Waals surface area contributed by atoms with Crippen molar-refractivity contribution in [2.45, 2.75) is 6.42 Å². The maximum atomic E-state index is 5.11. The zero-order valence-electron chi connectivity index (χ0n) is 16.5. The Morgan fingerprint density at radius 2 is 1.23 bits per heavy atom. The van der Waals surface area contributed by atoms with E-state index in [1.165, 1.54) is 5.56 Å². The van der Waals surface area contributed by atoms with Crippen LogP contribution in [0.3, 0.4) is 0 Å². The van der Waals surface area contributed by atoms with Crippen LogP contribution >= 0.6 is 0 Å². The van der Waals surface area contributed by atoms with Crippen molar-refractivity contribution >= 4 is 28.1 Å². The van der Waals surface area contributed by atoms with Crippen molar-refractivity contribution in [3.8, 4) is 0 Å². The van der Waals surface area contributed by atoms with Crippen LogP contribution in [-0.4, -0.2) is 9.97 Å². The Morgan fingerprint density at radius 1 is 0.633 bits per heavy atom. The van der Waals surface area contributed by atoms with Crippen LogP contribution in [0.25, 0.3) is 10.9 Å². The fourth-order valence-corrected chi connectivity index (χ4v) is 3.73. The summed E-state index contributed by atoms with van der Waals surface area (Å²) in [6, 6.07) is 37.4. The van der Waals surface area contributed by atoms with Crippen LogP contribution in [0.4, 0.5) is 17.2 Å². The van der Waals surface area contributed by atoms with Crippen LogP contribution in [0.5, 0.6) is 0 Å². The van der Waals surface area contributed by atoms with Gasteiger partial charge in [-0.15, -0.1) is 0 Å². The first-order valence-electron chi connectivity index (χ1n) is 10.1. The maximum Gasteiger partial charge on any atom is 0.138 e. The van der Waals surface area contributed by atoms with Crippen LogP contribution < -0.4 is 4.90 Å². The van der Waals surface area contributed by atoms with Crippen molar-refractivity contribution in [1.82, 2.24) is 9.97 Å². The molecule has 0 amide bonds. The molecule has 144 valence electrons. The van der Waals surface area contributed by atoms with E-state index in [9.17, 15) is 0 Å². The summed E-state index contributed by atoms with van der Waals surface area (Å²) in [4.78, 5) is 12.0. The van der Waals surface area contributed by atoms with E-state index in [-0.39, 0.29) is 0 Å². The summed E-state index contributed by atoms with van der Waals surface area (Å²) in [5.74, 6) is 0.888. The molecule has 0 aliphatic carbocycles. The van der Waals surface area contributed by atoms with Crippen LogP contribution in [-0.2, 0) is 6.42 Å². The molecule has 0 aliphatic heterocycles. The van der Waals surface area contributed by atoms with Crippen molar-refractivity contribution in [2.75, 3.05) is 4.90 Å². The molecule has 5 aromatic rings. The Hall–Kier alpha value is -3.98. The molecule has 0 N–H and O–H groups in total. The van der Waals surface area contributed by atoms with Gasteiger partial charge in [0.05, 0.1) is 11.2 Å². The largest absolute Gasteiger partial charge is 0.295 e. The standard InChI is InChI=1S/C27H21N3/c1-4-11-21(12-5-1)19-25-27-22(13-10-18-28-27)20-26(29-25)30(23-14-6-2-7-15-23)24-16-8-3-9-17-24/h1-18,20H,19H2. The number of fused-ring (bicyclic) bond motifs is 1. The van der Waals surface area contributed by atoms with E-state index in [0.29, 0.717) is 0 Å². The number of rotatable bonds is 5. The molecule has 0 saturated carbocycles. The SMILES string of the molecule is c1ccc(Cc2nc(N(c3ccccc3)c3ccccc3)cc3cccnc23)cc1. The van der Waals surface area contributed by atoms with Crippen molar-refractivity contribution < 1.29 is 0 Å². The van der Waals surface area contributed by atoms with E-state index in [2.05, 4.69) is 94.8 Å². The first-order chi connectivity index (χ1) is 14.9. The summed E-state index contributed by atoms with van der Waals surface area (Å²) in [7, 11) is 0. The van der Waals surface area contributed by atoms with Gasteiger partial charge in [0.2, 0.25) is 0 Å². The molecule has 0 unspecified atom stereocenters. The number of anilines is 3. The highest BCUT2D eigenvalue weighted by Gasteiger charge is 2.16. The van der Waals surface area contributed by atoms with E-state index in [0.717, 1.165) is 40.2 Å². The molecule has 3 aromatic carbocycles. The first kappa shape index (κ1) is 18.1. The Labute approximate surface area is 176 Å². The smallest absolute Gasteiger partial charge is 0.138 e. The molecule has 0 bridgehead atoms. The predicted octanol–water partition coefficient (Wildman–Crippen LogP) is 6.69. The van der Waals surface area contributed by atoms with E-state index in [1.54, 1.807) is 0 Å². The molecule has 0 spiro atoms. The summed E-state index contributed by atoms with van der Waals surface area (Å²) >= 11 is 0. The van der Waals surface area contributed by atoms with Crippen LogP contribution in [0, 0.1) is 0 Å². The van der Waals surface area contributed by atoms with Gasteiger partial charge in [0.1, 0.15) is 5.82 Å². The molecule has 0 aliphatic rings. The average molecular weight is 387 g/mol. The summed E-state index contributed by atoms with van der Waals surface area (Å²) in [6.07, 6.45) is 2.57. The van der Waals surface area contributed by atoms with Crippen LogP contribution in [0.2, 0.25) is 0 Å². The van der Waals surface area contributed by atoms with Gasteiger partial charge in [-0.1, -0.05) is 72.8 Å². The Kier molecular flexibility index (Phi) is 4.93. The number of para-hydroxylation sites is 2. The molecule has 0 radical (unpaired) electrons. The molecule has 0 fully saturated rings. The lowest BCUT2D eigenvalue weighted by atomic mass is 10.1. The quantitative estimate of drug-likeness (QED) is 0.336. The van der Waals surface area contributed by atoms with Crippen molar-refractivity contribution in [3.63, 3.8) is 0 Å². The highest BCUT2D eigenvalue weighted by atomic mass is 15.2. The molecule has 0 saturated heterocycles. The van der Waals surface area contributed by atoms with Gasteiger partial charge in [0.25, 0.3) is 0 Å². The summed E-state index contributed by atoms with van der Waals surface area (Å²) in [6.45, 7) is 0. The van der Waals surface area contributed by atoms with Crippen molar-refractivity contribution in [3.05, 3.63) is 127 Å². The lowest BCUT2D eigenvalue weighted by Gasteiger charge is -2.25. The predicted molar refractivity (Wildman–Crippen MR) is 123 cm³/mol. The third-order valence-electron chi connectivity index (χ3n) is 5.12. The molecular weight excluding hydrogens is 366 g/mol. The van der Waals surface area contributed by atoms with Crippen LogP contribution in [0.15, 0.2) is 115 Å². The third kappa shape index (κ3) is 3.65. The number of pyridine rings is 2. The summed E-state index contributed by atoms with van der Waals surface area (Å²) in [5, 5.41) is 1.09.